The zero-order valence-corrected chi connectivity index (χ0v) is 9.60. The van der Waals surface area contributed by atoms with Crippen molar-refractivity contribution >= 4 is 11.9 Å². The van der Waals surface area contributed by atoms with Crippen molar-refractivity contribution in [3.05, 3.63) is 23.7 Å². The lowest BCUT2D eigenvalue weighted by atomic mass is 10.1. The minimum Gasteiger partial charge on any atom is -0.481 e. The van der Waals surface area contributed by atoms with Crippen LogP contribution in [-0.2, 0) is 4.79 Å². The maximum Gasteiger partial charge on any atom is 0.306 e. The summed E-state index contributed by atoms with van der Waals surface area (Å²) in [5, 5.41) is 11.7. The zero-order chi connectivity index (χ0) is 12.4. The van der Waals surface area contributed by atoms with Crippen LogP contribution in [0, 0.1) is 12.8 Å². The molecule has 5 nitrogen and oxygen atoms in total. The molecule has 1 fully saturated rings. The molecule has 0 unspecified atom stereocenters. The number of nitrogens with one attached hydrogen (secondary N) is 1. The van der Waals surface area contributed by atoms with Crippen molar-refractivity contribution in [1.29, 1.82) is 0 Å². The third-order valence-electron chi connectivity index (χ3n) is 3.19. The maximum absolute atomic E-state index is 11.8. The van der Waals surface area contributed by atoms with Gasteiger partial charge in [-0.25, -0.2) is 0 Å². The van der Waals surface area contributed by atoms with Gasteiger partial charge in [0.25, 0.3) is 5.91 Å². The summed E-state index contributed by atoms with van der Waals surface area (Å²) in [6, 6.07) is 1.66. The number of carbonyl (C=O) groups excluding carboxylic acids is 1. The fraction of sp³-hybridized carbons (Fsp3) is 0.500. The number of hydrogen-bond donors (Lipinski definition) is 2. The van der Waals surface area contributed by atoms with Gasteiger partial charge in [0.15, 0.2) is 5.76 Å². The molecule has 0 radical (unpaired) electrons. The topological polar surface area (TPSA) is 79.5 Å². The molecule has 1 aromatic heterocycles. The van der Waals surface area contributed by atoms with Crippen molar-refractivity contribution < 1.29 is 19.1 Å². The van der Waals surface area contributed by atoms with Crippen molar-refractivity contribution in [1.82, 2.24) is 5.32 Å². The van der Waals surface area contributed by atoms with Crippen LogP contribution in [0.25, 0.3) is 0 Å². The van der Waals surface area contributed by atoms with E-state index in [1.807, 2.05) is 0 Å². The monoisotopic (exact) mass is 237 g/mol. The van der Waals surface area contributed by atoms with Crippen LogP contribution < -0.4 is 5.32 Å². The molecule has 5 heteroatoms. The van der Waals surface area contributed by atoms with Crippen LogP contribution >= 0.6 is 0 Å². The van der Waals surface area contributed by atoms with Crippen LogP contribution in [0.15, 0.2) is 16.7 Å². The average molecular weight is 237 g/mol. The lowest BCUT2D eigenvalue weighted by Gasteiger charge is -2.11. The quantitative estimate of drug-likeness (QED) is 0.836. The van der Waals surface area contributed by atoms with Gasteiger partial charge in [0.1, 0.15) is 0 Å². The third-order valence-corrected chi connectivity index (χ3v) is 3.19. The molecule has 0 aromatic carbocycles. The Balaban J connectivity index is 1.93. The highest BCUT2D eigenvalue weighted by atomic mass is 16.4. The number of rotatable bonds is 3. The van der Waals surface area contributed by atoms with Gasteiger partial charge in [-0.05, 0) is 32.3 Å². The van der Waals surface area contributed by atoms with Crippen LogP contribution in [0.2, 0.25) is 0 Å². The number of aliphatic carboxylic acids is 1. The van der Waals surface area contributed by atoms with Crippen molar-refractivity contribution in [3.63, 3.8) is 0 Å². The number of carboxylic acid groups (broad SMARTS) is 1. The predicted molar refractivity (Wildman–Crippen MR) is 59.7 cm³/mol. The van der Waals surface area contributed by atoms with Gasteiger partial charge in [0.2, 0.25) is 0 Å². The molecule has 1 amide bonds. The summed E-state index contributed by atoms with van der Waals surface area (Å²) >= 11 is 0. The normalized spacial score (nSPS) is 23.6. The summed E-state index contributed by atoms with van der Waals surface area (Å²) in [5.74, 6) is -1.07. The molecule has 1 aliphatic rings. The van der Waals surface area contributed by atoms with Crippen molar-refractivity contribution in [3.8, 4) is 0 Å². The minimum absolute atomic E-state index is 0.0619. The first-order valence-corrected chi connectivity index (χ1v) is 5.65. The lowest BCUT2D eigenvalue weighted by Crippen LogP contribution is -2.33. The Bertz CT molecular complexity index is 437. The molecule has 1 saturated carbocycles. The summed E-state index contributed by atoms with van der Waals surface area (Å²) in [6.45, 7) is 1.80. The summed E-state index contributed by atoms with van der Waals surface area (Å²) in [5.41, 5.74) is 0.787. The molecule has 17 heavy (non-hydrogen) atoms. The second kappa shape index (κ2) is 4.61. The first-order valence-electron chi connectivity index (χ1n) is 5.65. The molecule has 0 saturated heterocycles. The van der Waals surface area contributed by atoms with Crippen LogP contribution in [0.5, 0.6) is 0 Å². The van der Waals surface area contributed by atoms with Crippen LogP contribution in [-0.4, -0.2) is 23.0 Å². The van der Waals surface area contributed by atoms with Gasteiger partial charge in [0.05, 0.1) is 12.2 Å². The summed E-state index contributed by atoms with van der Waals surface area (Å²) in [4.78, 5) is 22.6. The number of furan rings is 1. The highest BCUT2D eigenvalue weighted by Crippen LogP contribution is 2.26. The van der Waals surface area contributed by atoms with Crippen molar-refractivity contribution in [2.75, 3.05) is 0 Å². The molecule has 92 valence electrons. The van der Waals surface area contributed by atoms with E-state index in [1.165, 1.54) is 6.26 Å². The number of amides is 1. The molecule has 1 aliphatic carbocycles. The zero-order valence-electron chi connectivity index (χ0n) is 9.60. The summed E-state index contributed by atoms with van der Waals surface area (Å²) < 4.78 is 5.08. The van der Waals surface area contributed by atoms with E-state index in [4.69, 9.17) is 9.52 Å². The second-order valence-electron chi connectivity index (χ2n) is 4.45. The molecule has 0 bridgehead atoms. The number of hydrogen-bond acceptors (Lipinski definition) is 3. The van der Waals surface area contributed by atoms with Crippen molar-refractivity contribution in [2.24, 2.45) is 5.92 Å². The van der Waals surface area contributed by atoms with Gasteiger partial charge in [0, 0.05) is 11.6 Å². The Morgan fingerprint density at radius 1 is 1.47 bits per heavy atom. The smallest absolute Gasteiger partial charge is 0.306 e. The van der Waals surface area contributed by atoms with Crippen LogP contribution in [0.1, 0.15) is 35.4 Å². The largest absolute Gasteiger partial charge is 0.481 e. The number of carboxylic acids is 1. The Morgan fingerprint density at radius 2 is 2.24 bits per heavy atom. The molecule has 2 rings (SSSR count). The van der Waals surface area contributed by atoms with E-state index >= 15 is 0 Å². The van der Waals surface area contributed by atoms with Gasteiger partial charge in [-0.2, -0.15) is 0 Å². The first kappa shape index (κ1) is 11.7. The van der Waals surface area contributed by atoms with Gasteiger partial charge in [-0.1, -0.05) is 0 Å². The Kier molecular flexibility index (Phi) is 3.17. The van der Waals surface area contributed by atoms with Gasteiger partial charge in [-0.15, -0.1) is 0 Å². The highest BCUT2D eigenvalue weighted by Gasteiger charge is 2.31. The third kappa shape index (κ3) is 2.49. The molecule has 2 atom stereocenters. The first-order chi connectivity index (χ1) is 8.08. The van der Waals surface area contributed by atoms with E-state index in [0.29, 0.717) is 25.0 Å². The van der Waals surface area contributed by atoms with Crippen molar-refractivity contribution in [2.45, 2.75) is 32.2 Å². The van der Waals surface area contributed by atoms with Gasteiger partial charge in [-0.3, -0.25) is 9.59 Å². The van der Waals surface area contributed by atoms with E-state index in [1.54, 1.807) is 13.0 Å². The lowest BCUT2D eigenvalue weighted by molar-refractivity contribution is -0.141. The molecule has 0 spiro atoms. The molecular formula is C12H15NO4. The predicted octanol–water partition coefficient (Wildman–Crippen LogP) is 1.57. The fourth-order valence-electron chi connectivity index (χ4n) is 2.19. The molecule has 2 N–H and O–H groups in total. The second-order valence-corrected chi connectivity index (χ2v) is 4.45. The molecule has 1 aromatic rings. The van der Waals surface area contributed by atoms with Crippen LogP contribution in [0.4, 0.5) is 0 Å². The van der Waals surface area contributed by atoms with Gasteiger partial charge >= 0.3 is 5.97 Å². The number of carbonyl (C=O) groups is 2. The summed E-state index contributed by atoms with van der Waals surface area (Å²) in [6.07, 6.45) is 3.31. The van der Waals surface area contributed by atoms with E-state index < -0.39 is 5.97 Å². The van der Waals surface area contributed by atoms with E-state index in [2.05, 4.69) is 5.32 Å². The summed E-state index contributed by atoms with van der Waals surface area (Å²) in [7, 11) is 0. The Labute approximate surface area is 98.8 Å². The van der Waals surface area contributed by atoms with E-state index in [9.17, 15) is 9.59 Å². The van der Waals surface area contributed by atoms with E-state index in [-0.39, 0.29) is 17.9 Å². The Hall–Kier alpha value is -1.78. The van der Waals surface area contributed by atoms with Crippen LogP contribution in [0.3, 0.4) is 0 Å². The van der Waals surface area contributed by atoms with Gasteiger partial charge < -0.3 is 14.8 Å². The average Bonchev–Trinajstić information content (AvgIpc) is 2.86. The minimum atomic E-state index is -0.782. The molecular weight excluding hydrogens is 222 g/mol. The van der Waals surface area contributed by atoms with E-state index in [0.717, 1.165) is 5.56 Å². The number of aryl methyl sites for hydroxylation is 1. The Morgan fingerprint density at radius 3 is 2.76 bits per heavy atom. The SMILES string of the molecule is Cc1ccoc1C(=O)N[C@@H]1CC[C@H](C(=O)O)C1. The maximum atomic E-state index is 11.8. The fourth-order valence-corrected chi connectivity index (χ4v) is 2.19. The molecule has 0 aliphatic heterocycles. The molecule has 1 heterocycles. The standard InChI is InChI=1S/C12H15NO4/c1-7-4-5-17-10(7)11(14)13-9-3-2-8(6-9)12(15)16/h4-5,8-9H,2-3,6H2,1H3,(H,13,14)(H,15,16)/t8-,9+/m0/s1. The highest BCUT2D eigenvalue weighted by molar-refractivity contribution is 5.93.